The highest BCUT2D eigenvalue weighted by Crippen LogP contribution is 2.25. The van der Waals surface area contributed by atoms with E-state index in [1.54, 1.807) is 7.11 Å². The molecule has 0 saturated carbocycles. The minimum absolute atomic E-state index is 0.359. The summed E-state index contributed by atoms with van der Waals surface area (Å²) in [5, 5.41) is 0. The molecule has 16 heavy (non-hydrogen) atoms. The fraction of sp³-hybridized carbons (Fsp3) is 0.154. The van der Waals surface area contributed by atoms with Gasteiger partial charge in [-0.2, -0.15) is 0 Å². The van der Waals surface area contributed by atoms with Gasteiger partial charge in [-0.1, -0.05) is 30.3 Å². The van der Waals surface area contributed by atoms with E-state index < -0.39 is 0 Å². The second kappa shape index (κ2) is 4.99. The second-order valence-corrected chi connectivity index (χ2v) is 3.64. The Balaban J connectivity index is 2.44. The fourth-order valence-corrected chi connectivity index (χ4v) is 1.74. The predicted molar refractivity (Wildman–Crippen MR) is 65.8 cm³/mol. The number of hydrogen-bond acceptors (Lipinski definition) is 2. The lowest BCUT2D eigenvalue weighted by atomic mass is 10.1. The number of rotatable bonds is 3. The molecule has 0 radical (unpaired) electrons. The van der Waals surface area contributed by atoms with Gasteiger partial charge < -0.3 is 4.74 Å². The number of pyridine rings is 1. The summed E-state index contributed by atoms with van der Waals surface area (Å²) in [5.41, 5.74) is 2.92. The third-order valence-electron chi connectivity index (χ3n) is 2.38. The van der Waals surface area contributed by atoms with Gasteiger partial charge in [0.05, 0.1) is 18.7 Å². The number of methoxy groups -OCH3 is 1. The third-order valence-corrected chi connectivity index (χ3v) is 2.64. The Morgan fingerprint density at radius 2 is 1.94 bits per heavy atom. The highest BCUT2D eigenvalue weighted by molar-refractivity contribution is 6.17. The summed E-state index contributed by atoms with van der Waals surface area (Å²) in [7, 11) is 1.63. The lowest BCUT2D eigenvalue weighted by molar-refractivity contribution is 0.409. The molecular weight excluding hydrogens is 222 g/mol. The zero-order valence-electron chi connectivity index (χ0n) is 8.98. The van der Waals surface area contributed by atoms with Crippen LogP contribution in [0.5, 0.6) is 5.75 Å². The van der Waals surface area contributed by atoms with Crippen molar-refractivity contribution in [1.82, 2.24) is 4.98 Å². The summed E-state index contributed by atoms with van der Waals surface area (Å²) in [6.45, 7) is 0. The van der Waals surface area contributed by atoms with Gasteiger partial charge in [-0.15, -0.1) is 11.6 Å². The molecule has 2 nitrogen and oxygen atoms in total. The van der Waals surface area contributed by atoms with Gasteiger partial charge in [0.25, 0.3) is 0 Å². The van der Waals surface area contributed by atoms with Crippen molar-refractivity contribution in [2.45, 2.75) is 5.88 Å². The van der Waals surface area contributed by atoms with Crippen LogP contribution in [0.1, 0.15) is 5.69 Å². The highest BCUT2D eigenvalue weighted by atomic mass is 35.5. The Hall–Kier alpha value is -1.54. The number of alkyl halides is 1. The molecule has 0 aliphatic heterocycles. The van der Waals surface area contributed by atoms with Gasteiger partial charge >= 0.3 is 0 Å². The number of benzene rings is 1. The first kappa shape index (κ1) is 11.0. The van der Waals surface area contributed by atoms with Gasteiger partial charge in [0.2, 0.25) is 0 Å². The fourth-order valence-electron chi connectivity index (χ4n) is 1.54. The normalized spacial score (nSPS) is 10.1. The van der Waals surface area contributed by atoms with E-state index in [9.17, 15) is 0 Å². The molecule has 0 bridgehead atoms. The van der Waals surface area contributed by atoms with Crippen molar-refractivity contribution >= 4 is 11.6 Å². The minimum atomic E-state index is 0.359. The topological polar surface area (TPSA) is 22.1 Å². The molecular formula is C13H12ClNO. The van der Waals surface area contributed by atoms with Crippen LogP contribution in [0.3, 0.4) is 0 Å². The van der Waals surface area contributed by atoms with Crippen LogP contribution in [0.4, 0.5) is 0 Å². The average molecular weight is 234 g/mol. The Kier molecular flexibility index (Phi) is 3.42. The maximum absolute atomic E-state index is 5.77. The van der Waals surface area contributed by atoms with Crippen LogP contribution >= 0.6 is 11.6 Å². The van der Waals surface area contributed by atoms with Gasteiger partial charge in [-0.3, -0.25) is 4.98 Å². The molecule has 0 aliphatic rings. The zero-order chi connectivity index (χ0) is 11.4. The van der Waals surface area contributed by atoms with Gasteiger partial charge in [0.1, 0.15) is 5.75 Å². The van der Waals surface area contributed by atoms with E-state index in [1.807, 2.05) is 42.6 Å². The maximum Gasteiger partial charge on any atom is 0.142 e. The Morgan fingerprint density at radius 3 is 2.56 bits per heavy atom. The summed E-state index contributed by atoms with van der Waals surface area (Å²) >= 11 is 5.77. The summed E-state index contributed by atoms with van der Waals surface area (Å²) in [5.74, 6) is 1.09. The number of nitrogens with zero attached hydrogens (tertiary/aromatic N) is 1. The standard InChI is InChI=1S/C13H12ClNO/c1-16-13-7-11(9-15-12(13)8-14)10-5-3-2-4-6-10/h2-7,9H,8H2,1H3. The van der Waals surface area contributed by atoms with Crippen molar-refractivity contribution in [3.05, 3.63) is 48.3 Å². The van der Waals surface area contributed by atoms with Crippen LogP contribution in [-0.2, 0) is 5.88 Å². The summed E-state index contributed by atoms with van der Waals surface area (Å²) in [4.78, 5) is 4.29. The molecule has 0 saturated heterocycles. The molecule has 0 aliphatic carbocycles. The van der Waals surface area contributed by atoms with Crippen LogP contribution in [0.15, 0.2) is 42.6 Å². The molecule has 0 unspecified atom stereocenters. The van der Waals surface area contributed by atoms with Crippen LogP contribution in [-0.4, -0.2) is 12.1 Å². The van der Waals surface area contributed by atoms with Crippen molar-refractivity contribution in [1.29, 1.82) is 0 Å². The molecule has 82 valence electrons. The summed E-state index contributed by atoms with van der Waals surface area (Å²) in [6, 6.07) is 12.0. The van der Waals surface area contributed by atoms with Crippen molar-refractivity contribution < 1.29 is 4.74 Å². The van der Waals surface area contributed by atoms with Gasteiger partial charge in [0, 0.05) is 11.8 Å². The van der Waals surface area contributed by atoms with Gasteiger partial charge in [-0.05, 0) is 11.6 Å². The van der Waals surface area contributed by atoms with E-state index in [1.165, 1.54) is 0 Å². The Morgan fingerprint density at radius 1 is 1.19 bits per heavy atom. The molecule has 0 fully saturated rings. The molecule has 1 aromatic heterocycles. The van der Waals surface area contributed by atoms with E-state index >= 15 is 0 Å². The average Bonchev–Trinajstić information content (AvgIpc) is 2.39. The van der Waals surface area contributed by atoms with E-state index in [0.717, 1.165) is 22.6 Å². The van der Waals surface area contributed by atoms with E-state index in [-0.39, 0.29) is 0 Å². The summed E-state index contributed by atoms with van der Waals surface area (Å²) in [6.07, 6.45) is 1.82. The maximum atomic E-state index is 5.77. The highest BCUT2D eigenvalue weighted by Gasteiger charge is 2.05. The molecule has 1 aromatic carbocycles. The number of ether oxygens (including phenoxy) is 1. The van der Waals surface area contributed by atoms with Crippen LogP contribution in [0.25, 0.3) is 11.1 Å². The first-order valence-electron chi connectivity index (χ1n) is 4.99. The largest absolute Gasteiger partial charge is 0.495 e. The van der Waals surface area contributed by atoms with Crippen LogP contribution in [0, 0.1) is 0 Å². The monoisotopic (exact) mass is 233 g/mol. The third kappa shape index (κ3) is 2.17. The molecule has 3 heteroatoms. The van der Waals surface area contributed by atoms with E-state index in [2.05, 4.69) is 4.98 Å². The quantitative estimate of drug-likeness (QED) is 0.757. The van der Waals surface area contributed by atoms with E-state index in [4.69, 9.17) is 16.3 Å². The smallest absolute Gasteiger partial charge is 0.142 e. The van der Waals surface area contributed by atoms with Gasteiger partial charge in [-0.25, -0.2) is 0 Å². The minimum Gasteiger partial charge on any atom is -0.495 e. The SMILES string of the molecule is COc1cc(-c2ccccc2)cnc1CCl. The number of aromatic nitrogens is 1. The molecule has 0 atom stereocenters. The molecule has 0 amide bonds. The lowest BCUT2D eigenvalue weighted by Crippen LogP contribution is -1.93. The second-order valence-electron chi connectivity index (χ2n) is 3.37. The molecule has 2 rings (SSSR count). The first-order chi connectivity index (χ1) is 7.85. The first-order valence-corrected chi connectivity index (χ1v) is 5.53. The molecule has 1 heterocycles. The van der Waals surface area contributed by atoms with Gasteiger partial charge in [0.15, 0.2) is 0 Å². The molecule has 2 aromatic rings. The van der Waals surface area contributed by atoms with Crippen molar-refractivity contribution in [2.75, 3.05) is 7.11 Å². The van der Waals surface area contributed by atoms with Crippen molar-refractivity contribution in [3.63, 3.8) is 0 Å². The molecule has 0 spiro atoms. The number of hydrogen-bond donors (Lipinski definition) is 0. The predicted octanol–water partition coefficient (Wildman–Crippen LogP) is 3.50. The Labute approximate surface area is 99.9 Å². The zero-order valence-corrected chi connectivity index (χ0v) is 9.74. The summed E-state index contributed by atoms with van der Waals surface area (Å²) < 4.78 is 5.25. The number of halogens is 1. The van der Waals surface area contributed by atoms with Crippen molar-refractivity contribution in [2.24, 2.45) is 0 Å². The van der Waals surface area contributed by atoms with E-state index in [0.29, 0.717) is 5.88 Å². The van der Waals surface area contributed by atoms with Crippen molar-refractivity contribution in [3.8, 4) is 16.9 Å². The van der Waals surface area contributed by atoms with Crippen LogP contribution in [0.2, 0.25) is 0 Å². The lowest BCUT2D eigenvalue weighted by Gasteiger charge is -2.07. The molecule has 0 N–H and O–H groups in total. The van der Waals surface area contributed by atoms with Crippen LogP contribution < -0.4 is 4.74 Å². The Bertz CT molecular complexity index is 471.